The predicted octanol–water partition coefficient (Wildman–Crippen LogP) is 0.0642. The van der Waals surface area contributed by atoms with Gasteiger partial charge in [0.25, 0.3) is 5.91 Å². The third kappa shape index (κ3) is 5.12. The molecule has 154 valence electrons. The van der Waals surface area contributed by atoms with Crippen molar-refractivity contribution in [1.82, 2.24) is 15.1 Å². The van der Waals surface area contributed by atoms with E-state index in [2.05, 4.69) is 17.1 Å². The first-order valence-electron chi connectivity index (χ1n) is 10.3. The first kappa shape index (κ1) is 20.4. The van der Waals surface area contributed by atoms with Crippen molar-refractivity contribution in [3.8, 4) is 0 Å². The lowest BCUT2D eigenvalue weighted by Crippen LogP contribution is -2.55. The van der Waals surface area contributed by atoms with Crippen molar-refractivity contribution in [2.75, 3.05) is 65.7 Å². The number of aliphatic imine (C=N–C) groups is 1. The molecule has 2 N–H and O–H groups in total. The molecule has 3 aliphatic heterocycles. The number of hydrogen-bond donors (Lipinski definition) is 2. The summed E-state index contributed by atoms with van der Waals surface area (Å²) in [6, 6.07) is 0. The van der Waals surface area contributed by atoms with E-state index < -0.39 is 0 Å². The molecule has 0 aromatic carbocycles. The highest BCUT2D eigenvalue weighted by molar-refractivity contribution is 5.82. The molecule has 1 atom stereocenters. The van der Waals surface area contributed by atoms with Gasteiger partial charge in [-0.2, -0.15) is 0 Å². The number of nitrogens with zero attached hydrogens (tertiary/aromatic N) is 3. The van der Waals surface area contributed by atoms with Crippen LogP contribution in [0.1, 0.15) is 32.6 Å². The molecule has 27 heavy (non-hydrogen) atoms. The quantitative estimate of drug-likeness (QED) is 0.517. The first-order chi connectivity index (χ1) is 13.2. The number of guanidine groups is 1. The third-order valence-electron chi connectivity index (χ3n) is 5.88. The Morgan fingerprint density at radius 1 is 1.19 bits per heavy atom. The van der Waals surface area contributed by atoms with Crippen molar-refractivity contribution in [2.45, 2.75) is 38.7 Å². The van der Waals surface area contributed by atoms with Gasteiger partial charge in [0.1, 0.15) is 6.10 Å². The largest absolute Gasteiger partial charge is 0.396 e. The van der Waals surface area contributed by atoms with Gasteiger partial charge in [0.15, 0.2) is 5.96 Å². The fourth-order valence-electron chi connectivity index (χ4n) is 3.95. The van der Waals surface area contributed by atoms with Gasteiger partial charge in [0, 0.05) is 58.0 Å². The lowest BCUT2D eigenvalue weighted by atomic mass is 9.81. The third-order valence-corrected chi connectivity index (χ3v) is 5.88. The fourth-order valence-corrected chi connectivity index (χ4v) is 3.95. The summed E-state index contributed by atoms with van der Waals surface area (Å²) in [6.45, 7) is 8.60. The Kier molecular flexibility index (Phi) is 7.32. The molecule has 0 aromatic rings. The molecular formula is C19H34N4O4. The standard InChI is InChI=1S/C19H34N4O4/c1-2-20-18(21-14-19(15-24)5-12-26-13-6-19)23-9-7-22(8-10-23)17(25)16-4-3-11-27-16/h16,24H,2-15H2,1H3,(H,20,21). The summed E-state index contributed by atoms with van der Waals surface area (Å²) in [5.74, 6) is 1.01. The number of carbonyl (C=O) groups excluding carboxylic acids is 1. The highest BCUT2D eigenvalue weighted by atomic mass is 16.5. The monoisotopic (exact) mass is 382 g/mol. The summed E-state index contributed by atoms with van der Waals surface area (Å²) < 4.78 is 11.0. The molecule has 3 aliphatic rings. The van der Waals surface area contributed by atoms with E-state index in [9.17, 15) is 9.90 Å². The van der Waals surface area contributed by atoms with Crippen LogP contribution in [0.4, 0.5) is 0 Å². The maximum absolute atomic E-state index is 12.5. The molecule has 3 fully saturated rings. The number of nitrogens with one attached hydrogen (secondary N) is 1. The van der Waals surface area contributed by atoms with Crippen LogP contribution < -0.4 is 5.32 Å². The molecule has 0 aromatic heterocycles. The van der Waals surface area contributed by atoms with Gasteiger partial charge in [0.05, 0.1) is 13.2 Å². The second-order valence-corrected chi connectivity index (χ2v) is 7.75. The van der Waals surface area contributed by atoms with Crippen molar-refractivity contribution in [2.24, 2.45) is 10.4 Å². The van der Waals surface area contributed by atoms with E-state index in [4.69, 9.17) is 14.5 Å². The summed E-state index contributed by atoms with van der Waals surface area (Å²) >= 11 is 0. The van der Waals surface area contributed by atoms with E-state index >= 15 is 0 Å². The van der Waals surface area contributed by atoms with Gasteiger partial charge in [-0.3, -0.25) is 9.79 Å². The summed E-state index contributed by atoms with van der Waals surface area (Å²) in [6.07, 6.45) is 3.27. The van der Waals surface area contributed by atoms with Crippen LogP contribution >= 0.6 is 0 Å². The van der Waals surface area contributed by atoms with Crippen LogP contribution in [-0.4, -0.2) is 98.6 Å². The van der Waals surface area contributed by atoms with Gasteiger partial charge in [-0.05, 0) is 32.6 Å². The number of carbonyl (C=O) groups is 1. The second-order valence-electron chi connectivity index (χ2n) is 7.75. The van der Waals surface area contributed by atoms with E-state index in [-0.39, 0.29) is 24.0 Å². The molecule has 3 saturated heterocycles. The summed E-state index contributed by atoms with van der Waals surface area (Å²) in [5, 5.41) is 13.2. The Hall–Kier alpha value is -1.38. The topological polar surface area (TPSA) is 86.6 Å². The Morgan fingerprint density at radius 2 is 1.89 bits per heavy atom. The minimum absolute atomic E-state index is 0.135. The number of rotatable bonds is 5. The average molecular weight is 383 g/mol. The van der Waals surface area contributed by atoms with Crippen molar-refractivity contribution >= 4 is 11.9 Å². The molecule has 8 nitrogen and oxygen atoms in total. The lowest BCUT2D eigenvalue weighted by Gasteiger charge is -2.38. The Bertz CT molecular complexity index is 508. The Balaban J connectivity index is 1.56. The fraction of sp³-hybridized carbons (Fsp3) is 0.895. The maximum Gasteiger partial charge on any atom is 0.251 e. The van der Waals surface area contributed by atoms with Crippen LogP contribution in [0.5, 0.6) is 0 Å². The SMILES string of the molecule is CCNC(=NCC1(CO)CCOCC1)N1CCN(C(=O)C2CCCO2)CC1. The maximum atomic E-state index is 12.5. The van der Waals surface area contributed by atoms with E-state index in [0.29, 0.717) is 39.5 Å². The highest BCUT2D eigenvalue weighted by Gasteiger charge is 2.33. The average Bonchev–Trinajstić information content (AvgIpc) is 3.26. The smallest absolute Gasteiger partial charge is 0.251 e. The molecule has 3 rings (SSSR count). The van der Waals surface area contributed by atoms with Gasteiger partial charge in [-0.1, -0.05) is 0 Å². The second kappa shape index (κ2) is 9.71. The van der Waals surface area contributed by atoms with Crippen molar-refractivity contribution in [3.63, 3.8) is 0 Å². The molecule has 0 saturated carbocycles. The zero-order valence-electron chi connectivity index (χ0n) is 16.5. The van der Waals surface area contributed by atoms with Crippen LogP contribution in [0, 0.1) is 5.41 Å². The highest BCUT2D eigenvalue weighted by Crippen LogP contribution is 2.30. The summed E-state index contributed by atoms with van der Waals surface area (Å²) in [5.41, 5.74) is -0.170. The van der Waals surface area contributed by atoms with Crippen molar-refractivity contribution in [3.05, 3.63) is 0 Å². The lowest BCUT2D eigenvalue weighted by molar-refractivity contribution is -0.142. The number of ether oxygens (including phenoxy) is 2. The van der Waals surface area contributed by atoms with E-state index in [1.807, 2.05) is 4.90 Å². The summed E-state index contributed by atoms with van der Waals surface area (Å²) in [7, 11) is 0. The number of piperazine rings is 1. The Labute approximate surface area is 161 Å². The molecule has 8 heteroatoms. The van der Waals surface area contributed by atoms with Crippen LogP contribution in [-0.2, 0) is 14.3 Å². The Morgan fingerprint density at radius 3 is 2.48 bits per heavy atom. The zero-order chi connectivity index (χ0) is 19.1. The van der Waals surface area contributed by atoms with Crippen LogP contribution in [0.2, 0.25) is 0 Å². The zero-order valence-corrected chi connectivity index (χ0v) is 16.5. The number of hydrogen-bond acceptors (Lipinski definition) is 5. The molecule has 1 amide bonds. The molecule has 0 aliphatic carbocycles. The number of amides is 1. The van der Waals surface area contributed by atoms with Crippen molar-refractivity contribution < 1.29 is 19.4 Å². The van der Waals surface area contributed by atoms with Crippen LogP contribution in [0.15, 0.2) is 4.99 Å². The molecule has 3 heterocycles. The van der Waals surface area contributed by atoms with Crippen LogP contribution in [0.3, 0.4) is 0 Å². The van der Waals surface area contributed by atoms with Gasteiger partial charge < -0.3 is 29.7 Å². The van der Waals surface area contributed by atoms with E-state index in [1.165, 1.54) is 0 Å². The molecule has 0 radical (unpaired) electrons. The number of aliphatic hydroxyl groups excluding tert-OH is 1. The first-order valence-corrected chi connectivity index (χ1v) is 10.3. The molecule has 0 spiro atoms. The van der Waals surface area contributed by atoms with Gasteiger partial charge >= 0.3 is 0 Å². The molecule has 1 unspecified atom stereocenters. The molecule has 0 bridgehead atoms. The number of aliphatic hydroxyl groups is 1. The van der Waals surface area contributed by atoms with Gasteiger partial charge in [0.2, 0.25) is 0 Å². The minimum atomic E-state index is -0.239. The summed E-state index contributed by atoms with van der Waals surface area (Å²) in [4.78, 5) is 21.5. The van der Waals surface area contributed by atoms with Crippen LogP contribution in [0.25, 0.3) is 0 Å². The van der Waals surface area contributed by atoms with Crippen molar-refractivity contribution in [1.29, 1.82) is 0 Å². The molecular weight excluding hydrogens is 348 g/mol. The minimum Gasteiger partial charge on any atom is -0.396 e. The van der Waals surface area contributed by atoms with E-state index in [1.54, 1.807) is 0 Å². The van der Waals surface area contributed by atoms with Gasteiger partial charge in [-0.25, -0.2) is 0 Å². The predicted molar refractivity (Wildman–Crippen MR) is 103 cm³/mol. The van der Waals surface area contributed by atoms with E-state index in [0.717, 1.165) is 51.3 Å². The normalized spacial score (nSPS) is 26.3. The van der Waals surface area contributed by atoms with Gasteiger partial charge in [-0.15, -0.1) is 0 Å².